The Morgan fingerprint density at radius 2 is 2.29 bits per heavy atom. The van der Waals surface area contributed by atoms with E-state index < -0.39 is 0 Å². The summed E-state index contributed by atoms with van der Waals surface area (Å²) in [5, 5.41) is 1.48. The van der Waals surface area contributed by atoms with Gasteiger partial charge in [-0.2, -0.15) is 0 Å². The Morgan fingerprint density at radius 1 is 1.47 bits per heavy atom. The van der Waals surface area contributed by atoms with E-state index in [0.29, 0.717) is 11.0 Å². The molecule has 1 aliphatic rings. The maximum Gasteiger partial charge on any atom is 0.163 e. The number of halogens is 1. The molecule has 1 unspecified atom stereocenters. The van der Waals surface area contributed by atoms with Crippen LogP contribution in [0.4, 0.5) is 0 Å². The molecule has 0 saturated carbocycles. The molecule has 0 N–H and O–H groups in total. The molecule has 3 heterocycles. The minimum Gasteiger partial charge on any atom is -0.367 e. The number of aromatic nitrogens is 2. The molecule has 1 atom stereocenters. The third-order valence-corrected chi connectivity index (χ3v) is 4.39. The van der Waals surface area contributed by atoms with E-state index >= 15 is 0 Å². The summed E-state index contributed by atoms with van der Waals surface area (Å²) in [4.78, 5) is 11.2. The van der Waals surface area contributed by atoms with Crippen molar-refractivity contribution in [2.24, 2.45) is 0 Å². The van der Waals surface area contributed by atoms with E-state index in [0.717, 1.165) is 29.7 Å². The number of fused-ring (bicyclic) bond motifs is 1. The number of aryl methyl sites for hydroxylation is 1. The molecule has 0 aromatic carbocycles. The molecular formula is C12H13ClN2OS. The number of thiophene rings is 1. The Kier molecular flexibility index (Phi) is 2.61. The Labute approximate surface area is 109 Å². The molecule has 1 fully saturated rings. The molecule has 1 saturated heterocycles. The quantitative estimate of drug-likeness (QED) is 0.740. The number of rotatable bonds is 1. The van der Waals surface area contributed by atoms with E-state index in [-0.39, 0.29) is 5.60 Å². The smallest absolute Gasteiger partial charge is 0.163 e. The Balaban J connectivity index is 2.17. The SMILES string of the molecule is Cc1cc2c(Cl)nc(C3(C)CCCO3)nc2s1. The van der Waals surface area contributed by atoms with E-state index in [1.165, 1.54) is 4.88 Å². The van der Waals surface area contributed by atoms with Crippen molar-refractivity contribution in [2.45, 2.75) is 32.3 Å². The maximum absolute atomic E-state index is 6.22. The molecule has 5 heteroatoms. The van der Waals surface area contributed by atoms with Crippen LogP contribution >= 0.6 is 22.9 Å². The Morgan fingerprint density at radius 3 is 3.00 bits per heavy atom. The molecule has 2 aromatic heterocycles. The van der Waals surface area contributed by atoms with Crippen LogP contribution in [0.3, 0.4) is 0 Å². The highest BCUT2D eigenvalue weighted by atomic mass is 35.5. The molecule has 3 nitrogen and oxygen atoms in total. The molecule has 0 bridgehead atoms. The Bertz CT molecular complexity index is 575. The zero-order valence-electron chi connectivity index (χ0n) is 9.79. The number of hydrogen-bond acceptors (Lipinski definition) is 4. The fraction of sp³-hybridized carbons (Fsp3) is 0.500. The van der Waals surface area contributed by atoms with Crippen molar-refractivity contribution in [2.75, 3.05) is 6.61 Å². The van der Waals surface area contributed by atoms with Crippen LogP contribution < -0.4 is 0 Å². The second-order valence-corrected chi connectivity index (χ2v) is 6.19. The lowest BCUT2D eigenvalue weighted by Crippen LogP contribution is -2.23. The van der Waals surface area contributed by atoms with E-state index in [1.807, 2.05) is 13.0 Å². The van der Waals surface area contributed by atoms with Crippen molar-refractivity contribution < 1.29 is 4.74 Å². The average molecular weight is 269 g/mol. The van der Waals surface area contributed by atoms with E-state index in [4.69, 9.17) is 16.3 Å². The molecule has 0 spiro atoms. The van der Waals surface area contributed by atoms with Gasteiger partial charge in [0.15, 0.2) is 5.82 Å². The molecule has 3 rings (SSSR count). The van der Waals surface area contributed by atoms with Crippen LogP contribution in [0.2, 0.25) is 5.15 Å². The average Bonchev–Trinajstić information content (AvgIpc) is 2.85. The molecule has 2 aromatic rings. The second-order valence-electron chi connectivity index (χ2n) is 4.60. The van der Waals surface area contributed by atoms with Gasteiger partial charge in [0.2, 0.25) is 0 Å². The van der Waals surface area contributed by atoms with E-state index in [1.54, 1.807) is 11.3 Å². The van der Waals surface area contributed by atoms with Crippen LogP contribution in [0.1, 0.15) is 30.5 Å². The number of ether oxygens (including phenoxy) is 1. The third-order valence-electron chi connectivity index (χ3n) is 3.16. The van der Waals surface area contributed by atoms with Crippen LogP contribution in [-0.2, 0) is 10.3 Å². The van der Waals surface area contributed by atoms with Gasteiger partial charge < -0.3 is 4.74 Å². The summed E-state index contributed by atoms with van der Waals surface area (Å²) in [6, 6.07) is 2.03. The topological polar surface area (TPSA) is 35.0 Å². The van der Waals surface area contributed by atoms with Crippen LogP contribution in [-0.4, -0.2) is 16.6 Å². The lowest BCUT2D eigenvalue weighted by molar-refractivity contribution is 0.00967. The van der Waals surface area contributed by atoms with Gasteiger partial charge in [0.25, 0.3) is 0 Å². The second kappa shape index (κ2) is 3.90. The van der Waals surface area contributed by atoms with E-state index in [2.05, 4.69) is 16.9 Å². The predicted molar refractivity (Wildman–Crippen MR) is 69.7 cm³/mol. The molecule has 0 radical (unpaired) electrons. The van der Waals surface area contributed by atoms with E-state index in [9.17, 15) is 0 Å². The summed E-state index contributed by atoms with van der Waals surface area (Å²) in [5.74, 6) is 0.717. The van der Waals surface area contributed by atoms with Gasteiger partial charge >= 0.3 is 0 Å². The summed E-state index contributed by atoms with van der Waals surface area (Å²) in [7, 11) is 0. The first kappa shape index (κ1) is 11.4. The van der Waals surface area contributed by atoms with Crippen molar-refractivity contribution in [3.63, 3.8) is 0 Å². The summed E-state index contributed by atoms with van der Waals surface area (Å²) in [6.07, 6.45) is 2.01. The van der Waals surface area contributed by atoms with Gasteiger partial charge in [-0.15, -0.1) is 11.3 Å². The zero-order valence-corrected chi connectivity index (χ0v) is 11.4. The summed E-state index contributed by atoms with van der Waals surface area (Å²) >= 11 is 7.86. The van der Waals surface area contributed by atoms with Crippen molar-refractivity contribution in [3.05, 3.63) is 21.9 Å². The lowest BCUT2D eigenvalue weighted by Gasteiger charge is -2.21. The van der Waals surface area contributed by atoms with Crippen LogP contribution in [0.15, 0.2) is 6.07 Å². The highest BCUT2D eigenvalue weighted by molar-refractivity contribution is 7.18. The number of hydrogen-bond donors (Lipinski definition) is 0. The standard InChI is InChI=1S/C12H13ClN2OS/c1-7-6-8-9(13)14-11(15-10(8)17-7)12(2)4-3-5-16-12/h6H,3-5H2,1-2H3. The first-order chi connectivity index (χ1) is 8.08. The van der Waals surface area contributed by atoms with Gasteiger partial charge in [-0.25, -0.2) is 9.97 Å². The Hall–Kier alpha value is -0.710. The van der Waals surface area contributed by atoms with Crippen LogP contribution in [0.5, 0.6) is 0 Å². The van der Waals surface area contributed by atoms with Crippen molar-refractivity contribution in [1.82, 2.24) is 9.97 Å². The molecule has 90 valence electrons. The fourth-order valence-corrected chi connectivity index (χ4v) is 3.36. The highest BCUT2D eigenvalue weighted by Crippen LogP contribution is 2.36. The van der Waals surface area contributed by atoms with Gasteiger partial charge in [0.1, 0.15) is 15.6 Å². The van der Waals surface area contributed by atoms with Crippen LogP contribution in [0.25, 0.3) is 10.2 Å². The normalized spacial score (nSPS) is 24.6. The van der Waals surface area contributed by atoms with Gasteiger partial charge in [-0.1, -0.05) is 11.6 Å². The van der Waals surface area contributed by atoms with Gasteiger partial charge in [0, 0.05) is 16.9 Å². The first-order valence-corrected chi connectivity index (χ1v) is 6.86. The summed E-state index contributed by atoms with van der Waals surface area (Å²) in [5.41, 5.74) is -0.365. The van der Waals surface area contributed by atoms with Gasteiger partial charge in [0.05, 0.1) is 0 Å². The number of nitrogens with zero attached hydrogens (tertiary/aromatic N) is 2. The minimum absolute atomic E-state index is 0.365. The van der Waals surface area contributed by atoms with Crippen molar-refractivity contribution in [1.29, 1.82) is 0 Å². The predicted octanol–water partition coefficient (Wildman–Crippen LogP) is 3.68. The molecular weight excluding hydrogens is 256 g/mol. The highest BCUT2D eigenvalue weighted by Gasteiger charge is 2.35. The monoisotopic (exact) mass is 268 g/mol. The molecule has 1 aliphatic heterocycles. The third kappa shape index (κ3) is 1.84. The molecule has 0 aliphatic carbocycles. The van der Waals surface area contributed by atoms with Gasteiger partial charge in [-0.3, -0.25) is 0 Å². The fourth-order valence-electron chi connectivity index (χ4n) is 2.20. The molecule has 0 amide bonds. The lowest BCUT2D eigenvalue weighted by atomic mass is 10.0. The minimum atomic E-state index is -0.365. The maximum atomic E-state index is 6.22. The van der Waals surface area contributed by atoms with Gasteiger partial charge in [-0.05, 0) is 32.8 Å². The summed E-state index contributed by atoms with van der Waals surface area (Å²) in [6.45, 7) is 4.87. The summed E-state index contributed by atoms with van der Waals surface area (Å²) < 4.78 is 5.76. The van der Waals surface area contributed by atoms with Crippen LogP contribution in [0, 0.1) is 6.92 Å². The largest absolute Gasteiger partial charge is 0.367 e. The van der Waals surface area contributed by atoms with Crippen molar-refractivity contribution in [3.8, 4) is 0 Å². The first-order valence-electron chi connectivity index (χ1n) is 5.67. The zero-order chi connectivity index (χ0) is 12.0. The molecule has 17 heavy (non-hydrogen) atoms. The van der Waals surface area contributed by atoms with Crippen molar-refractivity contribution >= 4 is 33.2 Å².